The van der Waals surface area contributed by atoms with Gasteiger partial charge in [0.15, 0.2) is 6.10 Å². The fourth-order valence-corrected chi connectivity index (χ4v) is 3.18. The maximum absolute atomic E-state index is 12.2. The molecule has 1 N–H and O–H groups in total. The summed E-state index contributed by atoms with van der Waals surface area (Å²) in [5.41, 5.74) is 2.75. The van der Waals surface area contributed by atoms with Gasteiger partial charge in [0.05, 0.1) is 6.54 Å². The van der Waals surface area contributed by atoms with Crippen LogP contribution in [0.25, 0.3) is 0 Å². The fraction of sp³-hybridized carbons (Fsp3) is 0.381. The predicted molar refractivity (Wildman–Crippen MR) is 103 cm³/mol. The van der Waals surface area contributed by atoms with Gasteiger partial charge in [-0.05, 0) is 80.1 Å². The molecule has 138 valence electrons. The van der Waals surface area contributed by atoms with Gasteiger partial charge in [0.1, 0.15) is 18.1 Å². The van der Waals surface area contributed by atoms with Gasteiger partial charge >= 0.3 is 0 Å². The van der Waals surface area contributed by atoms with Crippen LogP contribution in [-0.4, -0.2) is 25.2 Å². The van der Waals surface area contributed by atoms with Crippen molar-refractivity contribution in [2.45, 2.75) is 38.7 Å². The molecule has 0 aliphatic heterocycles. The molecule has 2 aromatic carbocycles. The Labute approximate surface area is 159 Å². The maximum atomic E-state index is 12.2. The Balaban J connectivity index is 1.42. The molecule has 0 spiro atoms. The van der Waals surface area contributed by atoms with E-state index >= 15 is 0 Å². The first-order valence-electron chi connectivity index (χ1n) is 9.06. The molecular weight excluding hydrogens is 350 g/mol. The number of amides is 1. The zero-order chi connectivity index (χ0) is 18.4. The van der Waals surface area contributed by atoms with Crippen LogP contribution in [0.2, 0.25) is 5.02 Å². The van der Waals surface area contributed by atoms with Crippen molar-refractivity contribution < 1.29 is 14.3 Å². The number of benzene rings is 2. The first-order valence-corrected chi connectivity index (χ1v) is 9.44. The molecule has 4 nitrogen and oxygen atoms in total. The van der Waals surface area contributed by atoms with Crippen molar-refractivity contribution in [1.82, 2.24) is 5.32 Å². The number of carbonyl (C=O) groups is 1. The molecule has 0 heterocycles. The molecule has 3 rings (SSSR count). The number of ether oxygens (including phenoxy) is 2. The predicted octanol–water partition coefficient (Wildman–Crippen LogP) is 4.18. The second-order valence-electron chi connectivity index (χ2n) is 6.49. The number of fused-ring (bicyclic) bond motifs is 1. The molecule has 5 heteroatoms. The first kappa shape index (κ1) is 18.6. The third-order valence-electron chi connectivity index (χ3n) is 4.49. The summed E-state index contributed by atoms with van der Waals surface area (Å²) in [4.78, 5) is 12.2. The largest absolute Gasteiger partial charge is 0.492 e. The van der Waals surface area contributed by atoms with Crippen LogP contribution in [0, 0.1) is 0 Å². The molecule has 0 fully saturated rings. The molecule has 0 aromatic heterocycles. The van der Waals surface area contributed by atoms with E-state index in [1.807, 2.05) is 6.07 Å². The van der Waals surface area contributed by atoms with E-state index in [1.54, 1.807) is 31.2 Å². The van der Waals surface area contributed by atoms with Crippen molar-refractivity contribution in [1.29, 1.82) is 0 Å². The average Bonchev–Trinajstić information content (AvgIpc) is 2.66. The Morgan fingerprint density at radius 3 is 2.54 bits per heavy atom. The van der Waals surface area contributed by atoms with Crippen LogP contribution in [0.3, 0.4) is 0 Å². The van der Waals surface area contributed by atoms with Crippen molar-refractivity contribution >= 4 is 17.5 Å². The van der Waals surface area contributed by atoms with Crippen LogP contribution in [-0.2, 0) is 17.6 Å². The van der Waals surface area contributed by atoms with Crippen molar-refractivity contribution in [3.63, 3.8) is 0 Å². The summed E-state index contributed by atoms with van der Waals surface area (Å²) >= 11 is 5.83. The monoisotopic (exact) mass is 373 g/mol. The highest BCUT2D eigenvalue weighted by molar-refractivity contribution is 6.30. The first-order chi connectivity index (χ1) is 12.6. The molecule has 26 heavy (non-hydrogen) atoms. The Morgan fingerprint density at radius 2 is 1.77 bits per heavy atom. The van der Waals surface area contributed by atoms with Gasteiger partial charge in [0, 0.05) is 5.02 Å². The van der Waals surface area contributed by atoms with Crippen LogP contribution in [0.1, 0.15) is 30.9 Å². The van der Waals surface area contributed by atoms with E-state index in [9.17, 15) is 4.79 Å². The minimum Gasteiger partial charge on any atom is -0.492 e. The van der Waals surface area contributed by atoms with Gasteiger partial charge in [0.2, 0.25) is 0 Å². The maximum Gasteiger partial charge on any atom is 0.260 e. The zero-order valence-electron chi connectivity index (χ0n) is 15.0. The number of hydrogen-bond acceptors (Lipinski definition) is 3. The van der Waals surface area contributed by atoms with E-state index in [4.69, 9.17) is 21.1 Å². The number of nitrogens with one attached hydrogen (secondary N) is 1. The number of hydrogen-bond donors (Lipinski definition) is 1. The molecule has 0 unspecified atom stereocenters. The summed E-state index contributed by atoms with van der Waals surface area (Å²) in [5, 5.41) is 3.50. The lowest BCUT2D eigenvalue weighted by Gasteiger charge is -2.19. The third-order valence-corrected chi connectivity index (χ3v) is 4.74. The summed E-state index contributed by atoms with van der Waals surface area (Å²) in [6.07, 6.45) is 4.16. The lowest BCUT2D eigenvalue weighted by atomic mass is 9.92. The number of carbonyl (C=O) groups excluding carboxylic acids is 1. The fourth-order valence-electron chi connectivity index (χ4n) is 3.06. The van der Waals surface area contributed by atoms with Crippen LogP contribution >= 0.6 is 11.6 Å². The van der Waals surface area contributed by atoms with Crippen LogP contribution in [0.4, 0.5) is 0 Å². The molecule has 1 atom stereocenters. The van der Waals surface area contributed by atoms with Gasteiger partial charge in [-0.15, -0.1) is 0 Å². The molecule has 0 saturated carbocycles. The van der Waals surface area contributed by atoms with Gasteiger partial charge in [-0.2, -0.15) is 0 Å². The highest BCUT2D eigenvalue weighted by Crippen LogP contribution is 2.25. The van der Waals surface area contributed by atoms with Crippen LogP contribution in [0.15, 0.2) is 42.5 Å². The average molecular weight is 374 g/mol. The normalized spacial score (nSPS) is 14.2. The van der Waals surface area contributed by atoms with E-state index < -0.39 is 6.10 Å². The van der Waals surface area contributed by atoms with E-state index in [-0.39, 0.29) is 5.91 Å². The van der Waals surface area contributed by atoms with Gasteiger partial charge in [0.25, 0.3) is 5.91 Å². The second kappa shape index (κ2) is 8.95. The van der Waals surface area contributed by atoms with Gasteiger partial charge < -0.3 is 14.8 Å². The minimum atomic E-state index is -0.549. The smallest absolute Gasteiger partial charge is 0.260 e. The summed E-state index contributed by atoms with van der Waals surface area (Å²) in [7, 11) is 0. The molecular formula is C21H24ClNO3. The van der Waals surface area contributed by atoms with E-state index in [2.05, 4.69) is 17.4 Å². The van der Waals surface area contributed by atoms with Crippen LogP contribution < -0.4 is 14.8 Å². The standard InChI is InChI=1S/C21H24ClNO3/c1-15(26-20-9-6-16-4-2-3-5-17(16)14-20)21(24)23-12-13-25-19-10-7-18(22)8-11-19/h6-11,14-15H,2-5,12-13H2,1H3,(H,23,24)/t15-/m1/s1. The number of aryl methyl sites for hydroxylation is 2. The number of halogens is 1. The molecule has 1 aliphatic rings. The van der Waals surface area contributed by atoms with Gasteiger partial charge in [-0.3, -0.25) is 4.79 Å². The summed E-state index contributed by atoms with van der Waals surface area (Å²) in [5.74, 6) is 1.33. The Bertz CT molecular complexity index is 745. The summed E-state index contributed by atoms with van der Waals surface area (Å²) in [6, 6.07) is 13.3. The summed E-state index contributed by atoms with van der Waals surface area (Å²) < 4.78 is 11.4. The summed E-state index contributed by atoms with van der Waals surface area (Å²) in [6.45, 7) is 2.56. The van der Waals surface area contributed by atoms with Crippen molar-refractivity contribution in [2.24, 2.45) is 0 Å². The Kier molecular flexibility index (Phi) is 6.40. The molecule has 0 radical (unpaired) electrons. The Hall–Kier alpha value is -2.20. The zero-order valence-corrected chi connectivity index (χ0v) is 15.7. The number of rotatable bonds is 7. The van der Waals surface area contributed by atoms with Crippen LogP contribution in [0.5, 0.6) is 11.5 Å². The molecule has 1 amide bonds. The lowest BCUT2D eigenvalue weighted by Crippen LogP contribution is -2.38. The lowest BCUT2D eigenvalue weighted by molar-refractivity contribution is -0.127. The highest BCUT2D eigenvalue weighted by atomic mass is 35.5. The van der Waals surface area contributed by atoms with Crippen molar-refractivity contribution in [3.8, 4) is 11.5 Å². The topological polar surface area (TPSA) is 47.6 Å². The SMILES string of the molecule is C[C@@H](Oc1ccc2c(c1)CCCC2)C(=O)NCCOc1ccc(Cl)cc1. The highest BCUT2D eigenvalue weighted by Gasteiger charge is 2.16. The molecule has 0 saturated heterocycles. The van der Waals surface area contributed by atoms with Gasteiger partial charge in [-0.1, -0.05) is 17.7 Å². The van der Waals surface area contributed by atoms with E-state index in [1.165, 1.54) is 24.0 Å². The van der Waals surface area contributed by atoms with E-state index in [0.717, 1.165) is 24.3 Å². The quantitative estimate of drug-likeness (QED) is 0.740. The minimum absolute atomic E-state index is 0.151. The molecule has 0 bridgehead atoms. The molecule has 2 aromatic rings. The third kappa shape index (κ3) is 5.15. The Morgan fingerprint density at radius 1 is 1.08 bits per heavy atom. The van der Waals surface area contributed by atoms with Crippen molar-refractivity contribution in [2.75, 3.05) is 13.2 Å². The van der Waals surface area contributed by atoms with Crippen molar-refractivity contribution in [3.05, 3.63) is 58.6 Å². The second-order valence-corrected chi connectivity index (χ2v) is 6.93. The molecule has 1 aliphatic carbocycles. The van der Waals surface area contributed by atoms with Gasteiger partial charge in [-0.25, -0.2) is 0 Å². The van der Waals surface area contributed by atoms with E-state index in [0.29, 0.717) is 18.2 Å².